The van der Waals surface area contributed by atoms with Gasteiger partial charge in [-0.05, 0) is 21.5 Å². The van der Waals surface area contributed by atoms with Gasteiger partial charge in [-0.25, -0.2) is 0 Å². The quantitative estimate of drug-likeness (QED) is 0.555. The van der Waals surface area contributed by atoms with Gasteiger partial charge < -0.3 is 15.1 Å². The van der Waals surface area contributed by atoms with Gasteiger partial charge in [0.25, 0.3) is 0 Å². The number of aromatic amines is 1. The van der Waals surface area contributed by atoms with Crippen molar-refractivity contribution in [2.24, 2.45) is 0 Å². The maximum atomic E-state index is 11.3. The fourth-order valence-electron chi connectivity index (χ4n) is 1.10. The molecular weight excluding hydrogens is 212 g/mol. The summed E-state index contributed by atoms with van der Waals surface area (Å²) < 4.78 is 1.04. The lowest BCUT2D eigenvalue weighted by Crippen LogP contribution is -2.15. The number of H-pyrrole nitrogens is 1. The summed E-state index contributed by atoms with van der Waals surface area (Å²) in [6, 6.07) is 0. The first-order valence-electron chi connectivity index (χ1n) is 3.51. The van der Waals surface area contributed by atoms with E-state index in [-0.39, 0.29) is 5.65 Å². The Hall–Kier alpha value is -1.89. The van der Waals surface area contributed by atoms with Gasteiger partial charge in [-0.1, -0.05) is 0 Å². The number of aromatic nitrogens is 3. The standard InChI is InChI=1S/C6H3ClN4O3/c7-3-6(12)10-2-1-8-4(10)5(9-3)11(13)14/h1-2,8H. The molecule has 0 saturated heterocycles. The molecule has 0 radical (unpaired) electrons. The third-order valence-corrected chi connectivity index (χ3v) is 1.91. The average Bonchev–Trinajstić information content (AvgIpc) is 2.59. The van der Waals surface area contributed by atoms with E-state index in [9.17, 15) is 14.9 Å². The summed E-state index contributed by atoms with van der Waals surface area (Å²) in [6.45, 7) is 0. The Bertz CT molecular complexity index is 572. The Morgan fingerprint density at radius 1 is 1.64 bits per heavy atom. The molecule has 2 rings (SSSR count). The number of nitro groups is 1. The highest BCUT2D eigenvalue weighted by atomic mass is 35.5. The molecule has 1 N–H and O–H groups in total. The molecule has 2 aromatic rings. The van der Waals surface area contributed by atoms with Gasteiger partial charge in [-0.15, -0.1) is 0 Å². The summed E-state index contributed by atoms with van der Waals surface area (Å²) >= 11 is 5.43. The van der Waals surface area contributed by atoms with Crippen LogP contribution in [-0.2, 0) is 0 Å². The molecule has 0 aliphatic heterocycles. The Labute approximate surface area is 81.1 Å². The number of halogens is 1. The van der Waals surface area contributed by atoms with Gasteiger partial charge in [-0.2, -0.15) is 0 Å². The second-order valence-corrected chi connectivity index (χ2v) is 2.83. The second-order valence-electron chi connectivity index (χ2n) is 2.47. The molecule has 0 aliphatic rings. The van der Waals surface area contributed by atoms with E-state index < -0.39 is 21.5 Å². The average molecular weight is 215 g/mol. The number of hydrogen-bond acceptors (Lipinski definition) is 4. The van der Waals surface area contributed by atoms with Crippen LogP contribution >= 0.6 is 11.6 Å². The van der Waals surface area contributed by atoms with E-state index >= 15 is 0 Å². The normalized spacial score (nSPS) is 10.6. The lowest BCUT2D eigenvalue weighted by atomic mass is 10.6. The SMILES string of the molecule is O=c1c(Cl)nc([N+](=O)[O-])c2[nH]ccn12. The molecule has 7 nitrogen and oxygen atoms in total. The highest BCUT2D eigenvalue weighted by Crippen LogP contribution is 2.14. The molecule has 0 aromatic carbocycles. The van der Waals surface area contributed by atoms with Gasteiger partial charge in [0.2, 0.25) is 5.65 Å². The molecule has 0 fully saturated rings. The smallest absolute Gasteiger partial charge is 0.358 e. The van der Waals surface area contributed by atoms with Gasteiger partial charge >= 0.3 is 16.5 Å². The number of nitrogens with one attached hydrogen (secondary N) is 1. The van der Waals surface area contributed by atoms with Gasteiger partial charge in [-0.3, -0.25) is 9.20 Å². The number of nitrogens with zero attached hydrogens (tertiary/aromatic N) is 3. The molecule has 8 heteroatoms. The monoisotopic (exact) mass is 214 g/mol. The number of hydrogen-bond donors (Lipinski definition) is 1. The minimum atomic E-state index is -0.711. The zero-order chi connectivity index (χ0) is 10.3. The van der Waals surface area contributed by atoms with Gasteiger partial charge in [0, 0.05) is 12.4 Å². The molecular formula is C6H3ClN4O3. The first-order chi connectivity index (χ1) is 6.61. The molecule has 0 atom stereocenters. The minimum Gasteiger partial charge on any atom is -0.358 e. The van der Waals surface area contributed by atoms with Crippen molar-refractivity contribution in [3.8, 4) is 0 Å². The first kappa shape index (κ1) is 8.70. The molecule has 2 heterocycles. The van der Waals surface area contributed by atoms with Crippen molar-refractivity contribution in [3.05, 3.63) is 38.0 Å². The van der Waals surface area contributed by atoms with Crippen LogP contribution < -0.4 is 5.56 Å². The zero-order valence-corrected chi connectivity index (χ0v) is 7.35. The van der Waals surface area contributed by atoms with E-state index in [0.717, 1.165) is 4.40 Å². The first-order valence-corrected chi connectivity index (χ1v) is 3.88. The van der Waals surface area contributed by atoms with Crippen molar-refractivity contribution < 1.29 is 4.92 Å². The predicted octanol–water partition coefficient (Wildman–Crippen LogP) is 0.584. The molecule has 2 aromatic heterocycles. The highest BCUT2D eigenvalue weighted by Gasteiger charge is 2.20. The number of rotatable bonds is 1. The van der Waals surface area contributed by atoms with E-state index in [1.807, 2.05) is 0 Å². The molecule has 0 bridgehead atoms. The second kappa shape index (κ2) is 2.81. The number of imidazole rings is 1. The van der Waals surface area contributed by atoms with Crippen molar-refractivity contribution in [2.75, 3.05) is 0 Å². The molecule has 0 saturated carbocycles. The van der Waals surface area contributed by atoms with Crippen molar-refractivity contribution in [1.29, 1.82) is 0 Å². The van der Waals surface area contributed by atoms with Crippen LogP contribution in [0, 0.1) is 10.1 Å². The topological polar surface area (TPSA) is 93.3 Å². The van der Waals surface area contributed by atoms with Crippen LogP contribution in [0.4, 0.5) is 5.82 Å². The van der Waals surface area contributed by atoms with Crippen molar-refractivity contribution in [1.82, 2.24) is 14.4 Å². The third kappa shape index (κ3) is 1.06. The highest BCUT2D eigenvalue weighted by molar-refractivity contribution is 6.29. The maximum Gasteiger partial charge on any atom is 0.407 e. The Morgan fingerprint density at radius 2 is 2.36 bits per heavy atom. The fraction of sp³-hybridized carbons (Fsp3) is 0. The Kier molecular flexibility index (Phi) is 1.74. The molecule has 72 valence electrons. The van der Waals surface area contributed by atoms with Gasteiger partial charge in [0.1, 0.15) is 0 Å². The molecule has 0 spiro atoms. The van der Waals surface area contributed by atoms with Crippen LogP contribution in [-0.4, -0.2) is 19.3 Å². The summed E-state index contributed by atoms with van der Waals surface area (Å²) in [5, 5.41) is 10.1. The van der Waals surface area contributed by atoms with E-state index in [1.165, 1.54) is 12.4 Å². The Balaban J connectivity index is 2.99. The molecule has 0 aliphatic carbocycles. The van der Waals surface area contributed by atoms with Crippen molar-refractivity contribution in [3.63, 3.8) is 0 Å². The lowest BCUT2D eigenvalue weighted by Gasteiger charge is -1.94. The summed E-state index contributed by atoms with van der Waals surface area (Å²) in [6.07, 6.45) is 2.74. The van der Waals surface area contributed by atoms with Crippen LogP contribution in [0.5, 0.6) is 0 Å². The van der Waals surface area contributed by atoms with E-state index in [0.29, 0.717) is 0 Å². The van der Waals surface area contributed by atoms with Gasteiger partial charge in [0.05, 0.1) is 0 Å². The third-order valence-electron chi connectivity index (χ3n) is 1.67. The van der Waals surface area contributed by atoms with Crippen molar-refractivity contribution >= 4 is 23.1 Å². The van der Waals surface area contributed by atoms with Crippen LogP contribution in [0.3, 0.4) is 0 Å². The van der Waals surface area contributed by atoms with Crippen molar-refractivity contribution in [2.45, 2.75) is 0 Å². The maximum absolute atomic E-state index is 11.3. The fourth-order valence-corrected chi connectivity index (χ4v) is 1.27. The van der Waals surface area contributed by atoms with Gasteiger partial charge in [0.15, 0.2) is 0 Å². The summed E-state index contributed by atoms with van der Waals surface area (Å²) in [4.78, 5) is 27.0. The van der Waals surface area contributed by atoms with E-state index in [4.69, 9.17) is 11.6 Å². The summed E-state index contributed by atoms with van der Waals surface area (Å²) in [5.41, 5.74) is -0.571. The van der Waals surface area contributed by atoms with Crippen LogP contribution in [0.15, 0.2) is 17.2 Å². The van der Waals surface area contributed by atoms with E-state index in [2.05, 4.69) is 9.97 Å². The molecule has 14 heavy (non-hydrogen) atoms. The minimum absolute atomic E-state index is 0.0180. The summed E-state index contributed by atoms with van der Waals surface area (Å²) in [7, 11) is 0. The Morgan fingerprint density at radius 3 is 3.00 bits per heavy atom. The van der Waals surface area contributed by atoms with Crippen LogP contribution in [0.25, 0.3) is 5.65 Å². The lowest BCUT2D eigenvalue weighted by molar-refractivity contribution is -0.388. The van der Waals surface area contributed by atoms with Crippen LogP contribution in [0.1, 0.15) is 0 Å². The molecule has 0 amide bonds. The summed E-state index contributed by atoms with van der Waals surface area (Å²) in [5.74, 6) is -0.473. The number of fused-ring (bicyclic) bond motifs is 1. The largest absolute Gasteiger partial charge is 0.407 e. The van der Waals surface area contributed by atoms with Crippen LogP contribution in [0.2, 0.25) is 5.15 Å². The predicted molar refractivity (Wildman–Crippen MR) is 47.5 cm³/mol. The molecule has 0 unspecified atom stereocenters. The van der Waals surface area contributed by atoms with E-state index in [1.54, 1.807) is 0 Å². The zero-order valence-electron chi connectivity index (χ0n) is 6.60.